The number of furan rings is 1. The number of hydrogen-bond donors (Lipinski definition) is 0. The number of para-hydroxylation sites is 2. The van der Waals surface area contributed by atoms with Crippen LogP contribution in [0.25, 0.3) is 100.0 Å². The van der Waals surface area contributed by atoms with E-state index in [9.17, 15) is 0 Å². The van der Waals surface area contributed by atoms with E-state index in [1.807, 2.05) is 18.2 Å². The third-order valence-electron chi connectivity index (χ3n) is 10.1. The summed E-state index contributed by atoms with van der Waals surface area (Å²) in [6.07, 6.45) is 0. The third-order valence-corrected chi connectivity index (χ3v) is 10.1. The lowest BCUT2D eigenvalue weighted by molar-refractivity contribution is 0.670. The summed E-state index contributed by atoms with van der Waals surface area (Å²) in [5, 5.41) is 4.72. The zero-order valence-electron chi connectivity index (χ0n) is 28.8. The predicted octanol–water partition coefficient (Wildman–Crippen LogP) is 13.5. The maximum Gasteiger partial charge on any atom is 0.160 e. The standard InChI is InChI=1S/C50H32N2O/c1-2-9-33(10-3-1)35-17-24-38(25-18-35)46-32-47(39-26-22-37(23-27-39)43-14-8-15-45-44-13-6-7-16-48(44)53-49(43)45)52-50(51-46)40-28-19-36(20-29-40)42-30-21-34-11-4-5-12-41(34)31-42/h1-32H. The number of fused-ring (bicyclic) bond motifs is 4. The van der Waals surface area contributed by atoms with Crippen molar-refractivity contribution in [1.29, 1.82) is 0 Å². The summed E-state index contributed by atoms with van der Waals surface area (Å²) in [7, 11) is 0. The fourth-order valence-corrected chi connectivity index (χ4v) is 7.31. The van der Waals surface area contributed by atoms with E-state index in [2.05, 4.69) is 176 Å². The monoisotopic (exact) mass is 676 g/mol. The van der Waals surface area contributed by atoms with Gasteiger partial charge in [-0.2, -0.15) is 0 Å². The minimum absolute atomic E-state index is 0.686. The van der Waals surface area contributed by atoms with E-state index in [0.29, 0.717) is 5.82 Å². The van der Waals surface area contributed by atoms with E-state index in [0.717, 1.165) is 66.7 Å². The van der Waals surface area contributed by atoms with Crippen LogP contribution in [-0.2, 0) is 0 Å². The average molecular weight is 677 g/mol. The van der Waals surface area contributed by atoms with E-state index < -0.39 is 0 Å². The topological polar surface area (TPSA) is 38.9 Å². The Kier molecular flexibility index (Phi) is 7.47. The number of aromatic nitrogens is 2. The van der Waals surface area contributed by atoms with Crippen molar-refractivity contribution >= 4 is 32.7 Å². The normalized spacial score (nSPS) is 11.4. The van der Waals surface area contributed by atoms with Crippen molar-refractivity contribution in [3.05, 3.63) is 194 Å². The molecule has 0 fully saturated rings. The molecular weight excluding hydrogens is 645 g/mol. The second-order valence-electron chi connectivity index (χ2n) is 13.4. The molecule has 0 aliphatic rings. The van der Waals surface area contributed by atoms with Crippen LogP contribution in [0.1, 0.15) is 0 Å². The zero-order chi connectivity index (χ0) is 35.1. The molecule has 53 heavy (non-hydrogen) atoms. The smallest absolute Gasteiger partial charge is 0.160 e. The van der Waals surface area contributed by atoms with Gasteiger partial charge in [0.05, 0.1) is 11.4 Å². The molecule has 0 saturated heterocycles. The van der Waals surface area contributed by atoms with Crippen molar-refractivity contribution in [2.24, 2.45) is 0 Å². The predicted molar refractivity (Wildman–Crippen MR) is 219 cm³/mol. The summed E-state index contributed by atoms with van der Waals surface area (Å²) in [5.41, 5.74) is 13.4. The Hall–Kier alpha value is -7.10. The van der Waals surface area contributed by atoms with Crippen molar-refractivity contribution in [3.63, 3.8) is 0 Å². The molecule has 0 bridgehead atoms. The number of nitrogens with zero attached hydrogens (tertiary/aromatic N) is 2. The van der Waals surface area contributed by atoms with Crippen molar-refractivity contribution in [2.75, 3.05) is 0 Å². The molecule has 0 amide bonds. The molecule has 3 nitrogen and oxygen atoms in total. The van der Waals surface area contributed by atoms with E-state index >= 15 is 0 Å². The number of rotatable bonds is 6. The molecule has 10 rings (SSSR count). The van der Waals surface area contributed by atoms with Gasteiger partial charge in [-0.15, -0.1) is 0 Å². The van der Waals surface area contributed by atoms with Crippen LogP contribution in [0.3, 0.4) is 0 Å². The first-order valence-corrected chi connectivity index (χ1v) is 17.9. The van der Waals surface area contributed by atoms with Gasteiger partial charge in [-0.25, -0.2) is 9.97 Å². The molecule has 2 heterocycles. The van der Waals surface area contributed by atoms with Gasteiger partial charge in [0.25, 0.3) is 0 Å². The molecule has 0 atom stereocenters. The third kappa shape index (κ3) is 5.75. The average Bonchev–Trinajstić information content (AvgIpc) is 3.63. The first-order chi connectivity index (χ1) is 26.2. The molecule has 0 saturated carbocycles. The van der Waals surface area contributed by atoms with Gasteiger partial charge in [0.1, 0.15) is 11.2 Å². The minimum atomic E-state index is 0.686. The summed E-state index contributed by atoms with van der Waals surface area (Å²) in [5.74, 6) is 0.686. The summed E-state index contributed by atoms with van der Waals surface area (Å²) in [4.78, 5) is 10.3. The first-order valence-electron chi connectivity index (χ1n) is 17.9. The van der Waals surface area contributed by atoms with Crippen molar-refractivity contribution in [2.45, 2.75) is 0 Å². The van der Waals surface area contributed by atoms with Gasteiger partial charge in [-0.3, -0.25) is 0 Å². The maximum absolute atomic E-state index is 6.35. The molecule has 10 aromatic rings. The second kappa shape index (κ2) is 12.9. The van der Waals surface area contributed by atoms with Crippen molar-refractivity contribution in [3.8, 4) is 67.3 Å². The van der Waals surface area contributed by atoms with Crippen LogP contribution in [0.15, 0.2) is 199 Å². The highest BCUT2D eigenvalue weighted by Crippen LogP contribution is 2.37. The van der Waals surface area contributed by atoms with Gasteiger partial charge in [0, 0.05) is 33.0 Å². The molecular formula is C50H32N2O. The Morgan fingerprint density at radius 3 is 1.58 bits per heavy atom. The van der Waals surface area contributed by atoms with E-state index in [1.165, 1.54) is 27.5 Å². The lowest BCUT2D eigenvalue weighted by Gasteiger charge is -2.11. The quantitative estimate of drug-likeness (QED) is 0.176. The molecule has 248 valence electrons. The molecule has 0 aliphatic carbocycles. The largest absolute Gasteiger partial charge is 0.455 e. The fraction of sp³-hybridized carbons (Fsp3) is 0. The minimum Gasteiger partial charge on any atom is -0.455 e. The van der Waals surface area contributed by atoms with Crippen LogP contribution in [0, 0.1) is 0 Å². The van der Waals surface area contributed by atoms with Crippen molar-refractivity contribution in [1.82, 2.24) is 9.97 Å². The van der Waals surface area contributed by atoms with Gasteiger partial charge in [0.2, 0.25) is 0 Å². The Morgan fingerprint density at radius 2 is 0.849 bits per heavy atom. The van der Waals surface area contributed by atoms with Gasteiger partial charge < -0.3 is 4.42 Å². The Labute approximate surface area is 307 Å². The Balaban J connectivity index is 1.04. The van der Waals surface area contributed by atoms with Crippen LogP contribution in [0.4, 0.5) is 0 Å². The lowest BCUT2D eigenvalue weighted by Crippen LogP contribution is -1.96. The molecule has 8 aromatic carbocycles. The highest BCUT2D eigenvalue weighted by molar-refractivity contribution is 6.09. The molecule has 3 heteroatoms. The van der Waals surface area contributed by atoms with Crippen LogP contribution in [-0.4, -0.2) is 9.97 Å². The van der Waals surface area contributed by atoms with Crippen LogP contribution in [0.2, 0.25) is 0 Å². The molecule has 0 unspecified atom stereocenters. The van der Waals surface area contributed by atoms with E-state index in [-0.39, 0.29) is 0 Å². The van der Waals surface area contributed by atoms with Crippen LogP contribution < -0.4 is 0 Å². The zero-order valence-corrected chi connectivity index (χ0v) is 28.8. The maximum atomic E-state index is 6.35. The van der Waals surface area contributed by atoms with E-state index in [1.54, 1.807) is 0 Å². The number of hydrogen-bond acceptors (Lipinski definition) is 3. The van der Waals surface area contributed by atoms with Gasteiger partial charge in [-0.05, 0) is 56.8 Å². The second-order valence-corrected chi connectivity index (χ2v) is 13.4. The summed E-state index contributed by atoms with van der Waals surface area (Å²) in [6, 6.07) is 68.0. The Morgan fingerprint density at radius 1 is 0.321 bits per heavy atom. The molecule has 0 spiro atoms. The molecule has 0 N–H and O–H groups in total. The first kappa shape index (κ1) is 30.7. The van der Waals surface area contributed by atoms with Gasteiger partial charge in [-0.1, -0.05) is 176 Å². The summed E-state index contributed by atoms with van der Waals surface area (Å²) in [6.45, 7) is 0. The summed E-state index contributed by atoms with van der Waals surface area (Å²) < 4.78 is 6.35. The highest BCUT2D eigenvalue weighted by atomic mass is 16.3. The van der Waals surface area contributed by atoms with E-state index in [4.69, 9.17) is 14.4 Å². The summed E-state index contributed by atoms with van der Waals surface area (Å²) >= 11 is 0. The van der Waals surface area contributed by atoms with Crippen molar-refractivity contribution < 1.29 is 4.42 Å². The molecule has 0 radical (unpaired) electrons. The molecule has 2 aromatic heterocycles. The Bertz CT molecular complexity index is 2910. The van der Waals surface area contributed by atoms with Gasteiger partial charge in [0.15, 0.2) is 5.82 Å². The highest BCUT2D eigenvalue weighted by Gasteiger charge is 2.15. The molecule has 0 aliphatic heterocycles. The lowest BCUT2D eigenvalue weighted by atomic mass is 9.99. The van der Waals surface area contributed by atoms with Gasteiger partial charge >= 0.3 is 0 Å². The SMILES string of the molecule is c1ccc(-c2ccc(-c3cc(-c4ccc(-c5cccc6c5oc5ccccc56)cc4)nc(-c4ccc(-c5ccc6ccccc6c5)cc4)n3)cc2)cc1. The van der Waals surface area contributed by atoms with Crippen LogP contribution in [0.5, 0.6) is 0 Å². The number of benzene rings is 8. The van der Waals surface area contributed by atoms with Crippen LogP contribution >= 0.6 is 0 Å². The fourth-order valence-electron chi connectivity index (χ4n) is 7.31.